The van der Waals surface area contributed by atoms with Gasteiger partial charge in [-0.3, -0.25) is 9.78 Å². The predicted octanol–water partition coefficient (Wildman–Crippen LogP) is 4.19. The molecule has 0 unspecified atom stereocenters. The quantitative estimate of drug-likeness (QED) is 0.786. The zero-order valence-electron chi connectivity index (χ0n) is 13.2. The van der Waals surface area contributed by atoms with Crippen LogP contribution < -0.4 is 10.1 Å². The molecule has 1 amide bonds. The van der Waals surface area contributed by atoms with E-state index in [2.05, 4.69) is 10.3 Å². The van der Waals surface area contributed by atoms with Gasteiger partial charge in [0.1, 0.15) is 5.75 Å². The van der Waals surface area contributed by atoms with E-state index in [4.69, 9.17) is 4.74 Å². The van der Waals surface area contributed by atoms with Gasteiger partial charge in [-0.1, -0.05) is 24.3 Å². The lowest BCUT2D eigenvalue weighted by Crippen LogP contribution is -2.13. The number of hydrogen-bond acceptors (Lipinski definition) is 3. The minimum Gasteiger partial charge on any atom is -0.494 e. The lowest BCUT2D eigenvalue weighted by molar-refractivity contribution is 0.102. The third kappa shape index (κ3) is 3.16. The summed E-state index contributed by atoms with van der Waals surface area (Å²) in [5, 5.41) is 4.76. The van der Waals surface area contributed by atoms with Crippen LogP contribution in [0.15, 0.2) is 54.9 Å². The highest BCUT2D eigenvalue weighted by molar-refractivity contribution is 6.12. The fourth-order valence-electron chi connectivity index (χ4n) is 2.54. The first kappa shape index (κ1) is 15.0. The summed E-state index contributed by atoms with van der Waals surface area (Å²) in [5.74, 6) is 0.662. The van der Waals surface area contributed by atoms with Crippen LogP contribution in [0.25, 0.3) is 10.8 Å². The molecule has 0 saturated carbocycles. The molecule has 23 heavy (non-hydrogen) atoms. The van der Waals surface area contributed by atoms with Crippen molar-refractivity contribution in [1.82, 2.24) is 4.98 Å². The Morgan fingerprint density at radius 1 is 1.17 bits per heavy atom. The molecule has 116 valence electrons. The maximum Gasteiger partial charge on any atom is 0.257 e. The Balaban J connectivity index is 1.88. The van der Waals surface area contributed by atoms with Crippen molar-refractivity contribution in [3.8, 4) is 5.75 Å². The molecular formula is C19H18N2O2. The van der Waals surface area contributed by atoms with E-state index in [1.165, 1.54) is 0 Å². The van der Waals surface area contributed by atoms with Crippen LogP contribution >= 0.6 is 0 Å². The number of pyridine rings is 1. The standard InChI is InChI=1S/C19H18N2O2/c1-3-23-18-9-8-15(10-13(18)2)21-19(22)17-12-20-11-14-6-4-5-7-16(14)17/h4-12H,3H2,1-2H3,(H,21,22). The second kappa shape index (κ2) is 6.48. The molecule has 4 nitrogen and oxygen atoms in total. The maximum absolute atomic E-state index is 12.6. The monoisotopic (exact) mass is 306 g/mol. The van der Waals surface area contributed by atoms with E-state index in [0.717, 1.165) is 27.8 Å². The Bertz CT molecular complexity index is 854. The number of nitrogens with one attached hydrogen (secondary N) is 1. The Kier molecular flexibility index (Phi) is 4.24. The topological polar surface area (TPSA) is 51.2 Å². The van der Waals surface area contributed by atoms with E-state index in [1.807, 2.05) is 56.3 Å². The number of anilines is 1. The van der Waals surface area contributed by atoms with Crippen molar-refractivity contribution in [2.45, 2.75) is 13.8 Å². The number of amides is 1. The van der Waals surface area contributed by atoms with E-state index in [0.29, 0.717) is 12.2 Å². The summed E-state index contributed by atoms with van der Waals surface area (Å²) in [6.45, 7) is 4.52. The SMILES string of the molecule is CCOc1ccc(NC(=O)c2cncc3ccccc23)cc1C. The number of benzene rings is 2. The first-order valence-electron chi connectivity index (χ1n) is 7.56. The van der Waals surface area contributed by atoms with E-state index < -0.39 is 0 Å². The lowest BCUT2D eigenvalue weighted by atomic mass is 10.1. The highest BCUT2D eigenvalue weighted by Gasteiger charge is 2.11. The van der Waals surface area contributed by atoms with Gasteiger partial charge in [0.05, 0.1) is 12.2 Å². The summed E-state index contributed by atoms with van der Waals surface area (Å²) in [4.78, 5) is 16.7. The number of hydrogen-bond donors (Lipinski definition) is 1. The summed E-state index contributed by atoms with van der Waals surface area (Å²) in [7, 11) is 0. The molecule has 3 aromatic rings. The van der Waals surface area contributed by atoms with Crippen molar-refractivity contribution in [3.63, 3.8) is 0 Å². The molecule has 1 heterocycles. The third-order valence-corrected chi connectivity index (χ3v) is 3.65. The van der Waals surface area contributed by atoms with Gasteiger partial charge in [0, 0.05) is 23.5 Å². The smallest absolute Gasteiger partial charge is 0.257 e. The average Bonchev–Trinajstić information content (AvgIpc) is 2.57. The first-order valence-corrected chi connectivity index (χ1v) is 7.56. The summed E-state index contributed by atoms with van der Waals surface area (Å²) < 4.78 is 5.52. The minimum atomic E-state index is -0.169. The second-order valence-electron chi connectivity index (χ2n) is 5.28. The van der Waals surface area contributed by atoms with Gasteiger partial charge in [0.2, 0.25) is 0 Å². The van der Waals surface area contributed by atoms with Gasteiger partial charge in [-0.15, -0.1) is 0 Å². The van der Waals surface area contributed by atoms with Gasteiger partial charge in [-0.25, -0.2) is 0 Å². The van der Waals surface area contributed by atoms with E-state index >= 15 is 0 Å². The van der Waals surface area contributed by atoms with Crippen molar-refractivity contribution in [1.29, 1.82) is 0 Å². The molecule has 1 N–H and O–H groups in total. The molecule has 0 aliphatic heterocycles. The summed E-state index contributed by atoms with van der Waals surface area (Å²) in [6.07, 6.45) is 3.35. The molecule has 0 saturated heterocycles. The molecule has 1 aromatic heterocycles. The number of fused-ring (bicyclic) bond motifs is 1. The van der Waals surface area contributed by atoms with Crippen LogP contribution in [0, 0.1) is 6.92 Å². The molecule has 2 aromatic carbocycles. The van der Waals surface area contributed by atoms with Gasteiger partial charge < -0.3 is 10.1 Å². The van der Waals surface area contributed by atoms with Crippen molar-refractivity contribution in [3.05, 3.63) is 66.0 Å². The fraction of sp³-hybridized carbons (Fsp3) is 0.158. The predicted molar refractivity (Wildman–Crippen MR) is 92.0 cm³/mol. The molecule has 0 radical (unpaired) electrons. The van der Waals surface area contributed by atoms with Gasteiger partial charge in [-0.05, 0) is 43.0 Å². The average molecular weight is 306 g/mol. The Hall–Kier alpha value is -2.88. The normalized spacial score (nSPS) is 10.5. The zero-order chi connectivity index (χ0) is 16.2. The van der Waals surface area contributed by atoms with Gasteiger partial charge in [0.25, 0.3) is 5.91 Å². The largest absolute Gasteiger partial charge is 0.494 e. The first-order chi connectivity index (χ1) is 11.2. The zero-order valence-corrected chi connectivity index (χ0v) is 13.2. The number of ether oxygens (including phenoxy) is 1. The molecule has 3 rings (SSSR count). The molecule has 0 spiro atoms. The lowest BCUT2D eigenvalue weighted by Gasteiger charge is -2.11. The van der Waals surface area contributed by atoms with Crippen LogP contribution in [0.4, 0.5) is 5.69 Å². The van der Waals surface area contributed by atoms with Crippen LogP contribution in [0.2, 0.25) is 0 Å². The molecule has 0 aliphatic rings. The Morgan fingerprint density at radius 2 is 2.00 bits per heavy atom. The number of aromatic nitrogens is 1. The number of aryl methyl sites for hydroxylation is 1. The molecule has 0 fully saturated rings. The number of rotatable bonds is 4. The number of nitrogens with zero attached hydrogens (tertiary/aromatic N) is 1. The highest BCUT2D eigenvalue weighted by atomic mass is 16.5. The van der Waals surface area contributed by atoms with E-state index in [9.17, 15) is 4.79 Å². The molecule has 0 bridgehead atoms. The Labute approximate surface area is 135 Å². The summed E-state index contributed by atoms with van der Waals surface area (Å²) >= 11 is 0. The number of carbonyl (C=O) groups is 1. The van der Waals surface area contributed by atoms with Gasteiger partial charge >= 0.3 is 0 Å². The number of carbonyl (C=O) groups excluding carboxylic acids is 1. The van der Waals surface area contributed by atoms with Crippen LogP contribution in [0.5, 0.6) is 5.75 Å². The van der Waals surface area contributed by atoms with Crippen LogP contribution in [0.1, 0.15) is 22.8 Å². The van der Waals surface area contributed by atoms with Crippen molar-refractivity contribution in [2.75, 3.05) is 11.9 Å². The van der Waals surface area contributed by atoms with Crippen LogP contribution in [0.3, 0.4) is 0 Å². The third-order valence-electron chi connectivity index (χ3n) is 3.65. The van der Waals surface area contributed by atoms with Crippen LogP contribution in [-0.4, -0.2) is 17.5 Å². The molecular weight excluding hydrogens is 288 g/mol. The van der Waals surface area contributed by atoms with Crippen LogP contribution in [-0.2, 0) is 0 Å². The van der Waals surface area contributed by atoms with E-state index in [1.54, 1.807) is 12.4 Å². The van der Waals surface area contributed by atoms with Crippen molar-refractivity contribution < 1.29 is 9.53 Å². The fourth-order valence-corrected chi connectivity index (χ4v) is 2.54. The van der Waals surface area contributed by atoms with Crippen molar-refractivity contribution >= 4 is 22.4 Å². The summed E-state index contributed by atoms with van der Waals surface area (Å²) in [5.41, 5.74) is 2.29. The molecule has 0 aliphatic carbocycles. The maximum atomic E-state index is 12.6. The summed E-state index contributed by atoms with van der Waals surface area (Å²) in [6, 6.07) is 13.3. The highest BCUT2D eigenvalue weighted by Crippen LogP contribution is 2.23. The molecule has 4 heteroatoms. The Morgan fingerprint density at radius 3 is 2.78 bits per heavy atom. The minimum absolute atomic E-state index is 0.169. The molecule has 0 atom stereocenters. The van der Waals surface area contributed by atoms with Gasteiger partial charge in [-0.2, -0.15) is 0 Å². The van der Waals surface area contributed by atoms with E-state index in [-0.39, 0.29) is 5.91 Å². The van der Waals surface area contributed by atoms with Crippen molar-refractivity contribution in [2.24, 2.45) is 0 Å². The van der Waals surface area contributed by atoms with Gasteiger partial charge in [0.15, 0.2) is 0 Å². The second-order valence-corrected chi connectivity index (χ2v) is 5.28.